The number of nitrogens with zero attached hydrogens (tertiary/aromatic N) is 1. The highest BCUT2D eigenvalue weighted by Crippen LogP contribution is 2.38. The largest absolute Gasteiger partial charge is 0.618 e. The Bertz CT molecular complexity index is 775. The third kappa shape index (κ3) is 3.45. The van der Waals surface area contributed by atoms with E-state index < -0.39 is 0 Å². The second kappa shape index (κ2) is 6.31. The lowest BCUT2D eigenvalue weighted by Gasteiger charge is -2.18. The second-order valence-corrected chi connectivity index (χ2v) is 7.68. The van der Waals surface area contributed by atoms with Crippen LogP contribution in [0.25, 0.3) is 5.57 Å². The van der Waals surface area contributed by atoms with E-state index in [-0.39, 0.29) is 5.41 Å². The van der Waals surface area contributed by atoms with Crippen LogP contribution in [-0.4, -0.2) is 6.61 Å². The minimum Gasteiger partial charge on any atom is -0.618 e. The maximum absolute atomic E-state index is 12.3. The molecule has 3 nitrogen and oxygen atoms in total. The fourth-order valence-electron chi connectivity index (χ4n) is 3.13. The Kier molecular flexibility index (Phi) is 4.35. The lowest BCUT2D eigenvalue weighted by molar-refractivity contribution is -0.607. The number of pyridine rings is 1. The first-order valence-electron chi connectivity index (χ1n) is 8.53. The molecule has 1 aromatic carbocycles. The zero-order valence-corrected chi connectivity index (χ0v) is 14.9. The van der Waals surface area contributed by atoms with Gasteiger partial charge in [-0.05, 0) is 36.1 Å². The minimum absolute atomic E-state index is 0.143. The molecule has 0 aliphatic carbocycles. The molecule has 0 radical (unpaired) electrons. The molecule has 0 unspecified atom stereocenters. The van der Waals surface area contributed by atoms with E-state index in [1.165, 1.54) is 5.56 Å². The molecule has 1 aliphatic heterocycles. The SMILES string of the molecule is CC(C)Cc1ccc2c(c1)C(c1cccc[n+]1[O-])=CC(C)(C)CO2. The summed E-state index contributed by atoms with van der Waals surface area (Å²) in [6.07, 6.45) is 4.73. The lowest BCUT2D eigenvalue weighted by atomic mass is 9.88. The van der Waals surface area contributed by atoms with E-state index in [2.05, 4.69) is 45.9 Å². The van der Waals surface area contributed by atoms with Gasteiger partial charge in [0.05, 0.1) is 12.2 Å². The highest BCUT2D eigenvalue weighted by Gasteiger charge is 2.27. The summed E-state index contributed by atoms with van der Waals surface area (Å²) in [5, 5.41) is 12.3. The Morgan fingerprint density at radius 2 is 2.00 bits per heavy atom. The second-order valence-electron chi connectivity index (χ2n) is 7.68. The number of ether oxygens (including phenoxy) is 1. The summed E-state index contributed by atoms with van der Waals surface area (Å²) < 4.78 is 6.99. The number of hydrogen-bond donors (Lipinski definition) is 0. The molecule has 0 atom stereocenters. The molecule has 0 spiro atoms. The van der Waals surface area contributed by atoms with Gasteiger partial charge in [0.15, 0.2) is 6.20 Å². The van der Waals surface area contributed by atoms with Crippen molar-refractivity contribution in [1.82, 2.24) is 0 Å². The van der Waals surface area contributed by atoms with Crippen molar-refractivity contribution in [3.05, 3.63) is 70.7 Å². The standard InChI is InChI=1S/C21H25NO2/c1-15(2)11-16-8-9-20-17(12-16)18(13-21(3,4)14-24-20)19-7-5-6-10-22(19)23/h5-10,12-13,15H,11,14H2,1-4H3. The van der Waals surface area contributed by atoms with Crippen molar-refractivity contribution >= 4 is 5.57 Å². The topological polar surface area (TPSA) is 36.2 Å². The quantitative estimate of drug-likeness (QED) is 0.621. The Morgan fingerprint density at radius 3 is 2.71 bits per heavy atom. The van der Waals surface area contributed by atoms with E-state index in [4.69, 9.17) is 4.74 Å². The van der Waals surface area contributed by atoms with Gasteiger partial charge in [0, 0.05) is 23.1 Å². The van der Waals surface area contributed by atoms with E-state index in [0.29, 0.717) is 18.2 Å². The first kappa shape index (κ1) is 16.6. The van der Waals surface area contributed by atoms with Gasteiger partial charge in [-0.15, -0.1) is 0 Å². The highest BCUT2D eigenvalue weighted by atomic mass is 16.5. The van der Waals surface area contributed by atoms with E-state index in [9.17, 15) is 5.21 Å². The molecule has 3 heteroatoms. The number of fused-ring (bicyclic) bond motifs is 1. The maximum atomic E-state index is 12.3. The summed E-state index contributed by atoms with van der Waals surface area (Å²) in [6.45, 7) is 9.28. The van der Waals surface area contributed by atoms with Gasteiger partial charge in [-0.25, -0.2) is 0 Å². The molecular formula is C21H25NO2. The first-order valence-corrected chi connectivity index (χ1v) is 8.53. The van der Waals surface area contributed by atoms with Crippen molar-refractivity contribution < 1.29 is 9.47 Å². The Labute approximate surface area is 144 Å². The molecule has 126 valence electrons. The number of aromatic nitrogens is 1. The fraction of sp³-hybridized carbons (Fsp3) is 0.381. The normalized spacial score (nSPS) is 16.1. The molecule has 0 saturated carbocycles. The monoisotopic (exact) mass is 323 g/mol. The number of rotatable bonds is 3. The summed E-state index contributed by atoms with van der Waals surface area (Å²) in [5.74, 6) is 1.43. The molecule has 1 aliphatic rings. The van der Waals surface area contributed by atoms with Crippen LogP contribution in [0.1, 0.15) is 44.5 Å². The van der Waals surface area contributed by atoms with Crippen LogP contribution in [0.2, 0.25) is 0 Å². The molecule has 2 heterocycles. The zero-order chi connectivity index (χ0) is 17.3. The van der Waals surface area contributed by atoms with Crippen LogP contribution in [0, 0.1) is 16.5 Å². The number of benzene rings is 1. The highest BCUT2D eigenvalue weighted by molar-refractivity contribution is 5.81. The smallest absolute Gasteiger partial charge is 0.224 e. The van der Waals surface area contributed by atoms with Gasteiger partial charge in [0.25, 0.3) is 0 Å². The fourth-order valence-corrected chi connectivity index (χ4v) is 3.13. The molecular weight excluding hydrogens is 298 g/mol. The summed E-state index contributed by atoms with van der Waals surface area (Å²) in [4.78, 5) is 0. The van der Waals surface area contributed by atoms with Gasteiger partial charge < -0.3 is 9.94 Å². The predicted molar refractivity (Wildman–Crippen MR) is 96.7 cm³/mol. The van der Waals surface area contributed by atoms with Crippen molar-refractivity contribution in [3.8, 4) is 5.75 Å². The van der Waals surface area contributed by atoms with Gasteiger partial charge >= 0.3 is 0 Å². The first-order chi connectivity index (χ1) is 11.4. The minimum atomic E-state index is -0.143. The molecule has 0 N–H and O–H groups in total. The van der Waals surface area contributed by atoms with Gasteiger partial charge in [0.1, 0.15) is 5.75 Å². The molecule has 1 aromatic heterocycles. The van der Waals surface area contributed by atoms with Crippen LogP contribution in [0.5, 0.6) is 5.75 Å². The van der Waals surface area contributed by atoms with Crippen LogP contribution >= 0.6 is 0 Å². The molecule has 24 heavy (non-hydrogen) atoms. The molecule has 3 rings (SSSR count). The lowest BCUT2D eigenvalue weighted by Crippen LogP contribution is -2.30. The third-order valence-electron chi connectivity index (χ3n) is 4.21. The van der Waals surface area contributed by atoms with Crippen LogP contribution in [0.4, 0.5) is 0 Å². The summed E-state index contributed by atoms with van der Waals surface area (Å²) >= 11 is 0. The average Bonchev–Trinajstić information content (AvgIpc) is 2.64. The summed E-state index contributed by atoms with van der Waals surface area (Å²) in [7, 11) is 0. The maximum Gasteiger partial charge on any atom is 0.224 e. The van der Waals surface area contributed by atoms with E-state index in [0.717, 1.165) is 28.0 Å². The van der Waals surface area contributed by atoms with E-state index in [1.54, 1.807) is 12.3 Å². The molecule has 0 saturated heterocycles. The average molecular weight is 323 g/mol. The van der Waals surface area contributed by atoms with Gasteiger partial charge in [0.2, 0.25) is 5.69 Å². The number of hydrogen-bond acceptors (Lipinski definition) is 2. The predicted octanol–water partition coefficient (Wildman–Crippen LogP) is 4.37. The van der Waals surface area contributed by atoms with E-state index >= 15 is 0 Å². The van der Waals surface area contributed by atoms with Crippen molar-refractivity contribution in [2.24, 2.45) is 11.3 Å². The zero-order valence-electron chi connectivity index (χ0n) is 14.9. The molecule has 2 aromatic rings. The van der Waals surface area contributed by atoms with Crippen LogP contribution in [0.15, 0.2) is 48.7 Å². The van der Waals surface area contributed by atoms with Crippen LogP contribution in [-0.2, 0) is 6.42 Å². The molecule has 0 bridgehead atoms. The summed E-state index contributed by atoms with van der Waals surface area (Å²) in [6, 6.07) is 11.9. The van der Waals surface area contributed by atoms with Crippen molar-refractivity contribution in [2.45, 2.75) is 34.1 Å². The van der Waals surface area contributed by atoms with Crippen molar-refractivity contribution in [3.63, 3.8) is 0 Å². The van der Waals surface area contributed by atoms with Crippen molar-refractivity contribution in [1.29, 1.82) is 0 Å². The van der Waals surface area contributed by atoms with Gasteiger partial charge in [-0.3, -0.25) is 0 Å². The van der Waals surface area contributed by atoms with E-state index in [1.807, 2.05) is 18.2 Å². The summed E-state index contributed by atoms with van der Waals surface area (Å²) in [5.41, 5.74) is 3.75. The van der Waals surface area contributed by atoms with Crippen LogP contribution < -0.4 is 9.47 Å². The van der Waals surface area contributed by atoms with Gasteiger partial charge in [-0.2, -0.15) is 4.73 Å². The molecule has 0 amide bonds. The Balaban J connectivity index is 2.18. The Morgan fingerprint density at radius 1 is 1.21 bits per heavy atom. The molecule has 0 fully saturated rings. The third-order valence-corrected chi connectivity index (χ3v) is 4.21. The van der Waals surface area contributed by atoms with Gasteiger partial charge in [-0.1, -0.05) is 39.8 Å². The van der Waals surface area contributed by atoms with Crippen LogP contribution in [0.3, 0.4) is 0 Å². The van der Waals surface area contributed by atoms with Crippen molar-refractivity contribution in [2.75, 3.05) is 6.61 Å². The Hall–Kier alpha value is -2.29.